The second kappa shape index (κ2) is 10.2. The zero-order valence-corrected chi connectivity index (χ0v) is 20.6. The van der Waals surface area contributed by atoms with Crippen molar-refractivity contribution in [2.24, 2.45) is 0 Å². The van der Waals surface area contributed by atoms with E-state index in [0.717, 1.165) is 9.80 Å². The van der Waals surface area contributed by atoms with Gasteiger partial charge in [-0.15, -0.1) is 0 Å². The minimum Gasteiger partial charge on any atom is -0.379 e. The van der Waals surface area contributed by atoms with Gasteiger partial charge in [0.05, 0.1) is 11.4 Å². The predicted molar refractivity (Wildman–Crippen MR) is 142 cm³/mol. The van der Waals surface area contributed by atoms with Gasteiger partial charge < -0.3 is 4.18 Å². The van der Waals surface area contributed by atoms with Gasteiger partial charge in [-0.05, 0) is 60.2 Å². The van der Waals surface area contributed by atoms with E-state index in [9.17, 15) is 22.8 Å². The molecule has 0 aliphatic carbocycles. The van der Waals surface area contributed by atoms with Gasteiger partial charge in [0.15, 0.2) is 0 Å². The van der Waals surface area contributed by atoms with Crippen LogP contribution in [0.4, 0.5) is 16.2 Å². The first-order valence-electron chi connectivity index (χ1n) is 11.5. The van der Waals surface area contributed by atoms with Gasteiger partial charge in [-0.3, -0.25) is 9.59 Å². The fraction of sp³-hybridized carbons (Fsp3) is 0. The van der Waals surface area contributed by atoms with Crippen molar-refractivity contribution in [2.75, 3.05) is 9.80 Å². The molecule has 4 aromatic rings. The molecule has 0 N–H and O–H groups in total. The van der Waals surface area contributed by atoms with Crippen LogP contribution in [0.1, 0.15) is 5.56 Å². The summed E-state index contributed by atoms with van der Waals surface area (Å²) >= 11 is 0. The smallest absolute Gasteiger partial charge is 0.343 e. The lowest BCUT2D eigenvalue weighted by Crippen LogP contribution is -2.57. The predicted octanol–water partition coefficient (Wildman–Crippen LogP) is 5.04. The average Bonchev–Trinajstić information content (AvgIpc) is 2.93. The van der Waals surface area contributed by atoms with Crippen LogP contribution in [0.15, 0.2) is 126 Å². The number of barbiturate groups is 1. The second-order valence-electron chi connectivity index (χ2n) is 8.22. The largest absolute Gasteiger partial charge is 0.379 e. The maximum absolute atomic E-state index is 13.5. The Morgan fingerprint density at radius 3 is 1.63 bits per heavy atom. The zero-order valence-electron chi connectivity index (χ0n) is 19.8. The fourth-order valence-electron chi connectivity index (χ4n) is 3.92. The summed E-state index contributed by atoms with van der Waals surface area (Å²) < 4.78 is 30.6. The van der Waals surface area contributed by atoms with Crippen molar-refractivity contribution in [3.63, 3.8) is 0 Å². The number of anilines is 2. The summed E-state index contributed by atoms with van der Waals surface area (Å²) in [7, 11) is -4.10. The third-order valence-electron chi connectivity index (χ3n) is 5.69. The van der Waals surface area contributed by atoms with Crippen LogP contribution in [0.5, 0.6) is 5.75 Å². The molecule has 4 amide bonds. The molecule has 0 spiro atoms. The number of carbonyl (C=O) groups excluding carboxylic acids is 3. The monoisotopic (exact) mass is 524 g/mol. The Morgan fingerprint density at radius 1 is 0.605 bits per heavy atom. The SMILES string of the molecule is O=C1C(=Cc2cccc(OS(=O)(=O)c3ccccc3)c2)C(=O)N(c2ccccc2)C(=O)N1c1ccccc1. The Bertz CT molecular complexity index is 1590. The Morgan fingerprint density at radius 2 is 1.11 bits per heavy atom. The topological polar surface area (TPSA) is 101 Å². The molecule has 4 aromatic carbocycles. The summed E-state index contributed by atoms with van der Waals surface area (Å²) in [6.07, 6.45) is 1.31. The lowest BCUT2D eigenvalue weighted by molar-refractivity contribution is -0.121. The van der Waals surface area contributed by atoms with E-state index < -0.39 is 28.0 Å². The van der Waals surface area contributed by atoms with E-state index in [1.54, 1.807) is 84.9 Å². The van der Waals surface area contributed by atoms with E-state index >= 15 is 0 Å². The van der Waals surface area contributed by atoms with Gasteiger partial charge in [0.2, 0.25) is 0 Å². The highest BCUT2D eigenvalue weighted by Gasteiger charge is 2.43. The first-order chi connectivity index (χ1) is 18.3. The summed E-state index contributed by atoms with van der Waals surface area (Å²) in [5.74, 6) is -1.61. The zero-order chi connectivity index (χ0) is 26.7. The van der Waals surface area contributed by atoms with Gasteiger partial charge in [-0.25, -0.2) is 14.6 Å². The molecule has 1 aliphatic rings. The Kier molecular flexibility index (Phi) is 6.59. The molecule has 1 fully saturated rings. The normalized spacial score (nSPS) is 14.0. The van der Waals surface area contributed by atoms with Crippen molar-refractivity contribution in [2.45, 2.75) is 4.90 Å². The molecule has 1 aliphatic heterocycles. The highest BCUT2D eigenvalue weighted by molar-refractivity contribution is 7.87. The number of para-hydroxylation sites is 2. The van der Waals surface area contributed by atoms with Gasteiger partial charge in [0.1, 0.15) is 16.2 Å². The van der Waals surface area contributed by atoms with E-state index in [-0.39, 0.29) is 16.2 Å². The summed E-state index contributed by atoms with van der Waals surface area (Å²) in [6.45, 7) is 0. The first-order valence-corrected chi connectivity index (χ1v) is 12.9. The molecular weight excluding hydrogens is 504 g/mol. The Labute approximate surface area is 219 Å². The van der Waals surface area contributed by atoms with Crippen molar-refractivity contribution in [1.29, 1.82) is 0 Å². The molecule has 1 saturated heterocycles. The van der Waals surface area contributed by atoms with E-state index in [0.29, 0.717) is 16.9 Å². The minimum absolute atomic E-state index is 0.00480. The molecule has 1 heterocycles. The molecule has 9 heteroatoms. The molecule has 0 atom stereocenters. The van der Waals surface area contributed by atoms with Crippen LogP contribution in [0.3, 0.4) is 0 Å². The number of benzene rings is 4. The number of hydrogen-bond donors (Lipinski definition) is 0. The minimum atomic E-state index is -4.10. The molecule has 5 rings (SSSR count). The summed E-state index contributed by atoms with van der Waals surface area (Å²) in [4.78, 5) is 42.2. The quantitative estimate of drug-likeness (QED) is 0.199. The van der Waals surface area contributed by atoms with Crippen LogP contribution in [-0.4, -0.2) is 26.3 Å². The van der Waals surface area contributed by atoms with E-state index in [2.05, 4.69) is 0 Å². The molecule has 8 nitrogen and oxygen atoms in total. The molecule has 0 aromatic heterocycles. The number of imide groups is 2. The lowest BCUT2D eigenvalue weighted by atomic mass is 10.0. The number of hydrogen-bond acceptors (Lipinski definition) is 6. The highest BCUT2D eigenvalue weighted by atomic mass is 32.2. The maximum atomic E-state index is 13.5. The number of nitrogens with zero attached hydrogens (tertiary/aromatic N) is 2. The third kappa shape index (κ3) is 4.82. The first kappa shape index (κ1) is 24.7. The van der Waals surface area contributed by atoms with Gasteiger partial charge in [0, 0.05) is 0 Å². The third-order valence-corrected chi connectivity index (χ3v) is 6.95. The standard InChI is InChI=1S/C29H20N2O6S/c32-27-26(20-21-11-10-16-24(19-21)37-38(35,36)25-17-8-3-9-18-25)28(33)31(23-14-6-2-7-15-23)29(34)30(27)22-12-4-1-5-13-22/h1-20H. The van der Waals surface area contributed by atoms with Gasteiger partial charge in [-0.2, -0.15) is 8.42 Å². The molecule has 188 valence electrons. The van der Waals surface area contributed by atoms with Crippen molar-refractivity contribution in [3.05, 3.63) is 126 Å². The van der Waals surface area contributed by atoms with Crippen LogP contribution in [0.25, 0.3) is 6.08 Å². The fourth-order valence-corrected chi connectivity index (χ4v) is 4.87. The number of carbonyl (C=O) groups is 3. The molecule has 0 bridgehead atoms. The molecule has 0 radical (unpaired) electrons. The summed E-state index contributed by atoms with van der Waals surface area (Å²) in [6, 6.07) is 29.4. The maximum Gasteiger partial charge on any atom is 0.343 e. The van der Waals surface area contributed by atoms with E-state index in [4.69, 9.17) is 4.18 Å². The molecule has 38 heavy (non-hydrogen) atoms. The number of urea groups is 1. The van der Waals surface area contributed by atoms with Crippen LogP contribution in [0.2, 0.25) is 0 Å². The Balaban J connectivity index is 1.55. The molecule has 0 saturated carbocycles. The second-order valence-corrected chi connectivity index (χ2v) is 9.76. The summed E-state index contributed by atoms with van der Waals surface area (Å²) in [5, 5.41) is 0. The van der Waals surface area contributed by atoms with Crippen LogP contribution in [0, 0.1) is 0 Å². The van der Waals surface area contributed by atoms with Gasteiger partial charge in [-0.1, -0.05) is 66.7 Å². The lowest BCUT2D eigenvalue weighted by Gasteiger charge is -2.33. The van der Waals surface area contributed by atoms with Crippen molar-refractivity contribution >= 4 is 45.4 Å². The number of amides is 4. The summed E-state index contributed by atoms with van der Waals surface area (Å²) in [5.41, 5.74) is 0.652. The van der Waals surface area contributed by atoms with Gasteiger partial charge >= 0.3 is 16.1 Å². The average molecular weight is 525 g/mol. The van der Waals surface area contributed by atoms with Gasteiger partial charge in [0.25, 0.3) is 11.8 Å². The van der Waals surface area contributed by atoms with Crippen LogP contribution < -0.4 is 14.0 Å². The van der Waals surface area contributed by atoms with Crippen molar-refractivity contribution < 1.29 is 27.0 Å². The number of rotatable bonds is 6. The molecular formula is C29H20N2O6S. The van der Waals surface area contributed by atoms with Crippen molar-refractivity contribution in [3.8, 4) is 5.75 Å². The van der Waals surface area contributed by atoms with E-state index in [1.165, 1.54) is 36.4 Å². The van der Waals surface area contributed by atoms with Crippen LogP contribution >= 0.6 is 0 Å². The highest BCUT2D eigenvalue weighted by Crippen LogP contribution is 2.30. The van der Waals surface area contributed by atoms with E-state index in [1.807, 2.05) is 0 Å². The van der Waals surface area contributed by atoms with Crippen LogP contribution in [-0.2, 0) is 19.7 Å². The Hall–Kier alpha value is -5.02. The van der Waals surface area contributed by atoms with Crippen molar-refractivity contribution in [1.82, 2.24) is 0 Å². The molecule has 0 unspecified atom stereocenters.